The molecule has 1 aliphatic heterocycles. The smallest absolute Gasteiger partial charge is 0.223 e. The number of amides is 1. The van der Waals surface area contributed by atoms with E-state index in [2.05, 4.69) is 32.6 Å². The standard InChI is InChI=1S/C19H29ClN2O2/c1-13(2)21(14(3)4)12-18(23)17-9-10-19(24)22(17)11-15-5-7-16(20)8-6-15/h5-8,13-14,17-18,23H,9-12H2,1-4H3/t17-,18+/m0/s1. The Labute approximate surface area is 150 Å². The molecule has 4 nitrogen and oxygen atoms in total. The molecule has 1 amide bonds. The lowest BCUT2D eigenvalue weighted by atomic mass is 10.1. The largest absolute Gasteiger partial charge is 0.390 e. The highest BCUT2D eigenvalue weighted by Gasteiger charge is 2.36. The van der Waals surface area contributed by atoms with E-state index in [9.17, 15) is 9.90 Å². The Balaban J connectivity index is 2.07. The number of hydrogen-bond acceptors (Lipinski definition) is 3. The zero-order valence-corrected chi connectivity index (χ0v) is 15.8. The van der Waals surface area contributed by atoms with Gasteiger partial charge in [-0.1, -0.05) is 23.7 Å². The number of carbonyl (C=O) groups excluding carboxylic acids is 1. The van der Waals surface area contributed by atoms with E-state index in [-0.39, 0.29) is 11.9 Å². The topological polar surface area (TPSA) is 43.8 Å². The van der Waals surface area contributed by atoms with E-state index in [0.29, 0.717) is 36.6 Å². The zero-order chi connectivity index (χ0) is 17.9. The average molecular weight is 353 g/mol. The Morgan fingerprint density at radius 1 is 1.21 bits per heavy atom. The minimum Gasteiger partial charge on any atom is -0.390 e. The molecule has 0 aromatic heterocycles. The van der Waals surface area contributed by atoms with E-state index in [0.717, 1.165) is 12.0 Å². The third kappa shape index (κ3) is 4.71. The second-order valence-corrected chi connectivity index (χ2v) is 7.64. The molecule has 134 valence electrons. The number of aliphatic hydroxyl groups is 1. The van der Waals surface area contributed by atoms with Crippen LogP contribution in [-0.4, -0.2) is 51.6 Å². The Morgan fingerprint density at radius 3 is 2.33 bits per heavy atom. The van der Waals surface area contributed by atoms with Crippen molar-refractivity contribution >= 4 is 17.5 Å². The Morgan fingerprint density at radius 2 is 1.79 bits per heavy atom. The van der Waals surface area contributed by atoms with Crippen LogP contribution in [0.3, 0.4) is 0 Å². The van der Waals surface area contributed by atoms with Gasteiger partial charge in [-0.2, -0.15) is 0 Å². The number of rotatable bonds is 7. The molecule has 1 aromatic carbocycles. The van der Waals surface area contributed by atoms with Crippen LogP contribution in [0.25, 0.3) is 0 Å². The van der Waals surface area contributed by atoms with Crippen LogP contribution in [0, 0.1) is 0 Å². The van der Waals surface area contributed by atoms with Crippen molar-refractivity contribution in [3.05, 3.63) is 34.9 Å². The molecule has 0 radical (unpaired) electrons. The van der Waals surface area contributed by atoms with Crippen molar-refractivity contribution in [3.8, 4) is 0 Å². The number of benzene rings is 1. The maximum absolute atomic E-state index is 12.3. The van der Waals surface area contributed by atoms with E-state index in [1.165, 1.54) is 0 Å². The van der Waals surface area contributed by atoms with Gasteiger partial charge >= 0.3 is 0 Å². The molecule has 1 aromatic rings. The van der Waals surface area contributed by atoms with Gasteiger partial charge in [0.15, 0.2) is 0 Å². The highest BCUT2D eigenvalue weighted by atomic mass is 35.5. The lowest BCUT2D eigenvalue weighted by Crippen LogP contribution is -2.49. The molecule has 0 saturated carbocycles. The molecule has 2 rings (SSSR count). The number of aliphatic hydroxyl groups excluding tert-OH is 1. The molecule has 1 saturated heterocycles. The van der Waals surface area contributed by atoms with Gasteiger partial charge in [0.25, 0.3) is 0 Å². The van der Waals surface area contributed by atoms with Gasteiger partial charge in [0, 0.05) is 36.6 Å². The Kier molecular flexibility index (Phi) is 6.67. The normalized spacial score (nSPS) is 19.8. The van der Waals surface area contributed by atoms with Crippen molar-refractivity contribution in [2.75, 3.05) is 6.54 Å². The molecule has 0 unspecified atom stereocenters. The maximum atomic E-state index is 12.3. The van der Waals surface area contributed by atoms with Crippen molar-refractivity contribution in [1.82, 2.24) is 9.80 Å². The van der Waals surface area contributed by atoms with E-state index in [4.69, 9.17) is 11.6 Å². The maximum Gasteiger partial charge on any atom is 0.223 e. The lowest BCUT2D eigenvalue weighted by Gasteiger charge is -2.36. The minimum atomic E-state index is -0.534. The number of nitrogens with zero attached hydrogens (tertiary/aromatic N) is 2. The number of carbonyl (C=O) groups is 1. The van der Waals surface area contributed by atoms with Crippen molar-refractivity contribution in [1.29, 1.82) is 0 Å². The van der Waals surface area contributed by atoms with Gasteiger partial charge in [0.05, 0.1) is 12.1 Å². The third-order valence-corrected chi connectivity index (χ3v) is 5.06. The number of likely N-dealkylation sites (tertiary alicyclic amines) is 1. The summed E-state index contributed by atoms with van der Waals surface area (Å²) in [5.41, 5.74) is 1.04. The van der Waals surface area contributed by atoms with Gasteiger partial charge in [0.1, 0.15) is 0 Å². The summed E-state index contributed by atoms with van der Waals surface area (Å²) in [6.45, 7) is 9.66. The Bertz CT molecular complexity index is 537. The summed E-state index contributed by atoms with van der Waals surface area (Å²) in [5.74, 6) is 0.120. The first-order chi connectivity index (χ1) is 11.3. The molecule has 1 heterocycles. The summed E-state index contributed by atoms with van der Waals surface area (Å²) >= 11 is 5.93. The first kappa shape index (κ1) is 19.2. The number of hydrogen-bond donors (Lipinski definition) is 1. The quantitative estimate of drug-likeness (QED) is 0.818. The van der Waals surface area contributed by atoms with Crippen molar-refractivity contribution in [3.63, 3.8) is 0 Å². The monoisotopic (exact) mass is 352 g/mol. The summed E-state index contributed by atoms with van der Waals surface area (Å²) < 4.78 is 0. The van der Waals surface area contributed by atoms with E-state index >= 15 is 0 Å². The first-order valence-corrected chi connectivity index (χ1v) is 9.15. The van der Waals surface area contributed by atoms with Gasteiger partial charge in [0.2, 0.25) is 5.91 Å². The fourth-order valence-corrected chi connectivity index (χ4v) is 3.63. The van der Waals surface area contributed by atoms with Crippen LogP contribution >= 0.6 is 11.6 Å². The van der Waals surface area contributed by atoms with Crippen molar-refractivity contribution in [2.24, 2.45) is 0 Å². The summed E-state index contributed by atoms with van der Waals surface area (Å²) in [6, 6.07) is 8.15. The highest BCUT2D eigenvalue weighted by Crippen LogP contribution is 2.25. The van der Waals surface area contributed by atoms with Crippen LogP contribution in [0.2, 0.25) is 5.02 Å². The van der Waals surface area contributed by atoms with Crippen molar-refractivity contribution < 1.29 is 9.90 Å². The lowest BCUT2D eigenvalue weighted by molar-refractivity contribution is -0.131. The van der Waals surface area contributed by atoms with Crippen LogP contribution in [0.1, 0.15) is 46.1 Å². The molecular formula is C19H29ClN2O2. The van der Waals surface area contributed by atoms with E-state index in [1.54, 1.807) is 0 Å². The van der Waals surface area contributed by atoms with Gasteiger partial charge in [-0.25, -0.2) is 0 Å². The summed E-state index contributed by atoms with van der Waals surface area (Å²) in [7, 11) is 0. The first-order valence-electron chi connectivity index (χ1n) is 8.77. The SMILES string of the molecule is CC(C)N(C[C@@H](O)[C@@H]1CCC(=O)N1Cc1ccc(Cl)cc1)C(C)C. The van der Waals surface area contributed by atoms with Gasteiger partial charge < -0.3 is 10.0 Å². The second kappa shape index (κ2) is 8.32. The molecule has 1 N–H and O–H groups in total. The molecule has 2 atom stereocenters. The van der Waals surface area contributed by atoms with E-state index < -0.39 is 6.10 Å². The summed E-state index contributed by atoms with van der Waals surface area (Å²) in [6.07, 6.45) is 0.699. The average Bonchev–Trinajstić information content (AvgIpc) is 2.87. The summed E-state index contributed by atoms with van der Waals surface area (Å²) in [5, 5.41) is 11.5. The van der Waals surface area contributed by atoms with Crippen LogP contribution in [-0.2, 0) is 11.3 Å². The fraction of sp³-hybridized carbons (Fsp3) is 0.632. The zero-order valence-electron chi connectivity index (χ0n) is 15.1. The minimum absolute atomic E-state index is 0.117. The van der Waals surface area contributed by atoms with Crippen LogP contribution < -0.4 is 0 Å². The van der Waals surface area contributed by atoms with Crippen molar-refractivity contribution in [2.45, 2.75) is 71.3 Å². The van der Waals surface area contributed by atoms with Crippen LogP contribution in [0.4, 0.5) is 0 Å². The van der Waals surface area contributed by atoms with Gasteiger partial charge in [-0.05, 0) is 51.8 Å². The number of halogens is 1. The van der Waals surface area contributed by atoms with Crippen LogP contribution in [0.5, 0.6) is 0 Å². The third-order valence-electron chi connectivity index (χ3n) is 4.81. The molecule has 0 spiro atoms. The molecular weight excluding hydrogens is 324 g/mol. The molecule has 5 heteroatoms. The highest BCUT2D eigenvalue weighted by molar-refractivity contribution is 6.30. The predicted octanol–water partition coefficient (Wildman–Crippen LogP) is 3.31. The van der Waals surface area contributed by atoms with Gasteiger partial charge in [-0.3, -0.25) is 9.69 Å². The molecule has 0 bridgehead atoms. The molecule has 1 aliphatic rings. The van der Waals surface area contributed by atoms with Gasteiger partial charge in [-0.15, -0.1) is 0 Å². The molecule has 0 aliphatic carbocycles. The molecule has 1 fully saturated rings. The summed E-state index contributed by atoms with van der Waals surface area (Å²) in [4.78, 5) is 16.4. The van der Waals surface area contributed by atoms with Crippen LogP contribution in [0.15, 0.2) is 24.3 Å². The second-order valence-electron chi connectivity index (χ2n) is 7.21. The predicted molar refractivity (Wildman–Crippen MR) is 98.0 cm³/mol. The Hall–Kier alpha value is -1.10. The molecule has 24 heavy (non-hydrogen) atoms. The fourth-order valence-electron chi connectivity index (χ4n) is 3.50. The van der Waals surface area contributed by atoms with E-state index in [1.807, 2.05) is 29.2 Å².